The van der Waals surface area contributed by atoms with Crippen LogP contribution < -0.4 is 5.32 Å². The molecule has 0 aliphatic carbocycles. The van der Waals surface area contributed by atoms with E-state index in [0.29, 0.717) is 12.1 Å². The van der Waals surface area contributed by atoms with E-state index >= 15 is 0 Å². The lowest BCUT2D eigenvalue weighted by Gasteiger charge is -2.07. The molecule has 0 aliphatic heterocycles. The van der Waals surface area contributed by atoms with Crippen molar-refractivity contribution >= 4 is 5.69 Å². The van der Waals surface area contributed by atoms with Gasteiger partial charge in [-0.2, -0.15) is 5.26 Å². The molecule has 18 heavy (non-hydrogen) atoms. The lowest BCUT2D eigenvalue weighted by atomic mass is 10.1. The first-order chi connectivity index (χ1) is 8.70. The molecule has 0 spiro atoms. The molecule has 0 atom stereocenters. The normalized spacial score (nSPS) is 9.83. The number of hydrogen-bond acceptors (Lipinski definition) is 2. The van der Waals surface area contributed by atoms with Crippen molar-refractivity contribution < 1.29 is 8.78 Å². The SMILES string of the molecule is N#Cc1ccc(CNc2cccc(F)c2F)cc1. The quantitative estimate of drug-likeness (QED) is 0.897. The van der Waals surface area contributed by atoms with Gasteiger partial charge in [0.05, 0.1) is 17.3 Å². The first-order valence-corrected chi connectivity index (χ1v) is 5.37. The fourth-order valence-electron chi connectivity index (χ4n) is 1.53. The van der Waals surface area contributed by atoms with Gasteiger partial charge in [-0.15, -0.1) is 0 Å². The molecule has 4 heteroatoms. The van der Waals surface area contributed by atoms with Gasteiger partial charge in [-0.3, -0.25) is 0 Å². The van der Waals surface area contributed by atoms with Gasteiger partial charge < -0.3 is 5.32 Å². The molecular formula is C14H10F2N2. The predicted octanol–water partition coefficient (Wildman–Crippen LogP) is 3.45. The van der Waals surface area contributed by atoms with Crippen LogP contribution in [0.3, 0.4) is 0 Å². The Hall–Kier alpha value is -2.41. The summed E-state index contributed by atoms with van der Waals surface area (Å²) < 4.78 is 26.3. The zero-order valence-electron chi connectivity index (χ0n) is 9.45. The number of anilines is 1. The summed E-state index contributed by atoms with van der Waals surface area (Å²) in [5.41, 5.74) is 1.58. The molecular weight excluding hydrogens is 234 g/mol. The third kappa shape index (κ3) is 2.64. The number of rotatable bonds is 3. The van der Waals surface area contributed by atoms with Crippen molar-refractivity contribution in [2.45, 2.75) is 6.54 Å². The molecule has 90 valence electrons. The summed E-state index contributed by atoms with van der Waals surface area (Å²) in [6, 6.07) is 12.9. The molecule has 0 unspecified atom stereocenters. The van der Waals surface area contributed by atoms with Crippen LogP contribution in [0.4, 0.5) is 14.5 Å². The number of nitrogens with one attached hydrogen (secondary N) is 1. The Bertz CT molecular complexity index is 586. The van der Waals surface area contributed by atoms with E-state index in [1.165, 1.54) is 12.1 Å². The van der Waals surface area contributed by atoms with Gasteiger partial charge >= 0.3 is 0 Å². The van der Waals surface area contributed by atoms with Gasteiger partial charge in [0.25, 0.3) is 0 Å². The Morgan fingerprint density at radius 3 is 2.44 bits per heavy atom. The van der Waals surface area contributed by atoms with Crippen LogP contribution in [-0.2, 0) is 6.54 Å². The van der Waals surface area contributed by atoms with E-state index < -0.39 is 11.6 Å². The molecule has 0 fully saturated rings. The van der Waals surface area contributed by atoms with E-state index in [0.717, 1.165) is 11.6 Å². The predicted molar refractivity (Wildman–Crippen MR) is 64.8 cm³/mol. The molecule has 2 aromatic rings. The first-order valence-electron chi connectivity index (χ1n) is 5.37. The van der Waals surface area contributed by atoms with Crippen LogP contribution >= 0.6 is 0 Å². The molecule has 0 amide bonds. The monoisotopic (exact) mass is 244 g/mol. The highest BCUT2D eigenvalue weighted by Gasteiger charge is 2.06. The molecule has 0 bridgehead atoms. The van der Waals surface area contributed by atoms with Gasteiger partial charge in [-0.1, -0.05) is 18.2 Å². The highest BCUT2D eigenvalue weighted by atomic mass is 19.2. The zero-order chi connectivity index (χ0) is 13.0. The Kier molecular flexibility index (Phi) is 3.54. The van der Waals surface area contributed by atoms with Gasteiger partial charge in [-0.05, 0) is 29.8 Å². The molecule has 2 aromatic carbocycles. The van der Waals surface area contributed by atoms with E-state index in [9.17, 15) is 8.78 Å². The van der Waals surface area contributed by atoms with Crippen LogP contribution in [0.2, 0.25) is 0 Å². The summed E-state index contributed by atoms with van der Waals surface area (Å²) in [5.74, 6) is -1.76. The summed E-state index contributed by atoms with van der Waals surface area (Å²) in [7, 11) is 0. The molecule has 0 saturated heterocycles. The summed E-state index contributed by atoms with van der Waals surface area (Å²) in [4.78, 5) is 0. The lowest BCUT2D eigenvalue weighted by molar-refractivity contribution is 0.511. The number of nitrogens with zero attached hydrogens (tertiary/aromatic N) is 1. The lowest BCUT2D eigenvalue weighted by Crippen LogP contribution is -2.02. The summed E-state index contributed by atoms with van der Waals surface area (Å²) in [6.45, 7) is 0.367. The van der Waals surface area contributed by atoms with Gasteiger partial charge in [0.1, 0.15) is 0 Å². The minimum atomic E-state index is -0.883. The third-order valence-electron chi connectivity index (χ3n) is 2.52. The van der Waals surface area contributed by atoms with Crippen molar-refractivity contribution in [3.05, 3.63) is 65.2 Å². The fraction of sp³-hybridized carbons (Fsp3) is 0.0714. The van der Waals surface area contributed by atoms with Crippen molar-refractivity contribution in [2.75, 3.05) is 5.32 Å². The number of halogens is 2. The molecule has 0 heterocycles. The highest BCUT2D eigenvalue weighted by Crippen LogP contribution is 2.17. The number of benzene rings is 2. The van der Waals surface area contributed by atoms with Gasteiger partial charge in [0.2, 0.25) is 0 Å². The fourth-order valence-corrected chi connectivity index (χ4v) is 1.53. The minimum Gasteiger partial charge on any atom is -0.379 e. The van der Waals surface area contributed by atoms with E-state index in [1.54, 1.807) is 24.3 Å². The van der Waals surface area contributed by atoms with Crippen molar-refractivity contribution in [3.63, 3.8) is 0 Å². The van der Waals surface area contributed by atoms with Crippen LogP contribution in [-0.4, -0.2) is 0 Å². The zero-order valence-corrected chi connectivity index (χ0v) is 9.45. The van der Waals surface area contributed by atoms with Gasteiger partial charge in [-0.25, -0.2) is 8.78 Å². The van der Waals surface area contributed by atoms with Crippen LogP contribution in [0.1, 0.15) is 11.1 Å². The molecule has 2 nitrogen and oxygen atoms in total. The number of nitriles is 1. The van der Waals surface area contributed by atoms with Crippen LogP contribution in [0.15, 0.2) is 42.5 Å². The smallest absolute Gasteiger partial charge is 0.181 e. The molecule has 2 rings (SSSR count). The van der Waals surface area contributed by atoms with Crippen LogP contribution in [0.5, 0.6) is 0 Å². The van der Waals surface area contributed by atoms with Crippen LogP contribution in [0, 0.1) is 23.0 Å². The second kappa shape index (κ2) is 5.28. The molecule has 0 aromatic heterocycles. The van der Waals surface area contributed by atoms with Crippen molar-refractivity contribution in [3.8, 4) is 6.07 Å². The maximum absolute atomic E-state index is 13.3. The Morgan fingerprint density at radius 1 is 1.06 bits per heavy atom. The average Bonchev–Trinajstić information content (AvgIpc) is 2.41. The molecule has 1 N–H and O–H groups in total. The topological polar surface area (TPSA) is 35.8 Å². The van der Waals surface area contributed by atoms with Gasteiger partial charge in [0.15, 0.2) is 11.6 Å². The van der Waals surface area contributed by atoms with Crippen LogP contribution in [0.25, 0.3) is 0 Å². The average molecular weight is 244 g/mol. The summed E-state index contributed by atoms with van der Waals surface area (Å²) >= 11 is 0. The Balaban J connectivity index is 2.07. The number of hydrogen-bond donors (Lipinski definition) is 1. The summed E-state index contributed by atoms with van der Waals surface area (Å²) in [6.07, 6.45) is 0. The largest absolute Gasteiger partial charge is 0.379 e. The molecule has 0 aliphatic rings. The first kappa shape index (κ1) is 12.1. The maximum atomic E-state index is 13.3. The third-order valence-corrected chi connectivity index (χ3v) is 2.52. The van der Waals surface area contributed by atoms with Crippen molar-refractivity contribution in [2.24, 2.45) is 0 Å². The van der Waals surface area contributed by atoms with Crippen molar-refractivity contribution in [1.82, 2.24) is 0 Å². The van der Waals surface area contributed by atoms with Gasteiger partial charge in [0, 0.05) is 6.54 Å². The Labute approximate surface area is 103 Å². The maximum Gasteiger partial charge on any atom is 0.181 e. The minimum absolute atomic E-state index is 0.124. The standard InChI is InChI=1S/C14H10F2N2/c15-12-2-1-3-13(14(12)16)18-9-11-6-4-10(8-17)5-7-11/h1-7,18H,9H2. The van der Waals surface area contributed by atoms with E-state index in [4.69, 9.17) is 5.26 Å². The Morgan fingerprint density at radius 2 is 1.78 bits per heavy atom. The summed E-state index contributed by atoms with van der Waals surface area (Å²) in [5, 5.41) is 11.5. The molecule has 0 saturated carbocycles. The second-order valence-corrected chi connectivity index (χ2v) is 3.76. The van der Waals surface area contributed by atoms with E-state index in [2.05, 4.69) is 5.32 Å². The van der Waals surface area contributed by atoms with Crippen molar-refractivity contribution in [1.29, 1.82) is 5.26 Å². The molecule has 0 radical (unpaired) electrons. The van der Waals surface area contributed by atoms with E-state index in [1.807, 2.05) is 6.07 Å². The second-order valence-electron chi connectivity index (χ2n) is 3.76. The highest BCUT2D eigenvalue weighted by molar-refractivity contribution is 5.45. The van der Waals surface area contributed by atoms with E-state index in [-0.39, 0.29) is 5.69 Å².